The SMILES string of the molecule is CCOC(C(N)c1ccc(C(F)(F)F)c(F)c1)C(C)(C)C. The quantitative estimate of drug-likeness (QED) is 0.842. The molecule has 120 valence electrons. The highest BCUT2D eigenvalue weighted by Gasteiger charge is 2.36. The molecule has 0 saturated carbocycles. The summed E-state index contributed by atoms with van der Waals surface area (Å²) in [5, 5.41) is 0. The Morgan fingerprint density at radius 1 is 1.19 bits per heavy atom. The van der Waals surface area contributed by atoms with Crippen LogP contribution in [0, 0.1) is 11.2 Å². The molecule has 0 fully saturated rings. The fraction of sp³-hybridized carbons (Fsp3) is 0.600. The average molecular weight is 307 g/mol. The second kappa shape index (κ2) is 6.32. The van der Waals surface area contributed by atoms with Crippen LogP contribution in [0.3, 0.4) is 0 Å². The van der Waals surface area contributed by atoms with Gasteiger partial charge in [0.05, 0.1) is 17.7 Å². The summed E-state index contributed by atoms with van der Waals surface area (Å²) >= 11 is 0. The molecule has 0 amide bonds. The van der Waals surface area contributed by atoms with Crippen molar-refractivity contribution in [2.45, 2.75) is 46.0 Å². The lowest BCUT2D eigenvalue weighted by molar-refractivity contribution is -0.140. The summed E-state index contributed by atoms with van der Waals surface area (Å²) in [5.74, 6) is -1.32. The second-order valence-electron chi connectivity index (χ2n) is 6.00. The first-order chi connectivity index (χ1) is 9.48. The van der Waals surface area contributed by atoms with Crippen LogP contribution in [0.5, 0.6) is 0 Å². The van der Waals surface area contributed by atoms with Crippen LogP contribution in [0.2, 0.25) is 0 Å². The molecule has 1 aromatic rings. The normalized spacial score (nSPS) is 15.9. The molecule has 0 spiro atoms. The molecule has 1 rings (SSSR count). The third-order valence-corrected chi connectivity index (χ3v) is 3.21. The molecule has 21 heavy (non-hydrogen) atoms. The summed E-state index contributed by atoms with van der Waals surface area (Å²) in [6.07, 6.45) is -5.14. The summed E-state index contributed by atoms with van der Waals surface area (Å²) in [6.45, 7) is 7.95. The zero-order valence-electron chi connectivity index (χ0n) is 12.6. The van der Waals surface area contributed by atoms with Crippen LogP contribution in [-0.2, 0) is 10.9 Å². The average Bonchev–Trinajstić information content (AvgIpc) is 2.32. The topological polar surface area (TPSA) is 35.2 Å². The number of hydrogen-bond donors (Lipinski definition) is 1. The third kappa shape index (κ3) is 4.41. The zero-order chi connectivity index (χ0) is 16.4. The van der Waals surface area contributed by atoms with Crippen LogP contribution in [0.1, 0.15) is 44.9 Å². The van der Waals surface area contributed by atoms with Crippen molar-refractivity contribution < 1.29 is 22.3 Å². The summed E-state index contributed by atoms with van der Waals surface area (Å²) in [5.41, 5.74) is 4.74. The van der Waals surface area contributed by atoms with E-state index in [1.165, 1.54) is 6.07 Å². The third-order valence-electron chi connectivity index (χ3n) is 3.21. The molecule has 0 saturated heterocycles. The second-order valence-corrected chi connectivity index (χ2v) is 6.00. The molecular weight excluding hydrogens is 286 g/mol. The lowest BCUT2D eigenvalue weighted by Crippen LogP contribution is -2.39. The summed E-state index contributed by atoms with van der Waals surface area (Å²) in [7, 11) is 0. The van der Waals surface area contributed by atoms with Crippen LogP contribution in [0.25, 0.3) is 0 Å². The van der Waals surface area contributed by atoms with E-state index in [1.54, 1.807) is 6.92 Å². The number of rotatable bonds is 4. The minimum absolute atomic E-state index is 0.286. The monoisotopic (exact) mass is 307 g/mol. The van der Waals surface area contributed by atoms with Gasteiger partial charge in [-0.3, -0.25) is 0 Å². The van der Waals surface area contributed by atoms with Crippen molar-refractivity contribution in [1.29, 1.82) is 0 Å². The minimum atomic E-state index is -4.71. The first-order valence-electron chi connectivity index (χ1n) is 6.72. The Morgan fingerprint density at radius 2 is 1.76 bits per heavy atom. The molecule has 0 heterocycles. The first kappa shape index (κ1) is 17.9. The Hall–Kier alpha value is -1.14. The van der Waals surface area contributed by atoms with Gasteiger partial charge in [-0.1, -0.05) is 26.8 Å². The van der Waals surface area contributed by atoms with E-state index in [0.717, 1.165) is 12.1 Å². The molecule has 0 bridgehead atoms. The Labute approximate surface area is 122 Å². The van der Waals surface area contributed by atoms with Crippen molar-refractivity contribution in [3.8, 4) is 0 Å². The largest absolute Gasteiger partial charge is 0.419 e. The van der Waals surface area contributed by atoms with Crippen molar-refractivity contribution in [3.05, 3.63) is 35.1 Å². The van der Waals surface area contributed by atoms with E-state index < -0.39 is 29.7 Å². The number of nitrogens with two attached hydrogens (primary N) is 1. The fourth-order valence-corrected chi connectivity index (χ4v) is 2.22. The standard InChI is InChI=1S/C15H21F4NO/c1-5-21-13(14(2,3)4)12(20)9-6-7-10(11(16)8-9)15(17,18)19/h6-8,12-13H,5,20H2,1-4H3. The van der Waals surface area contributed by atoms with E-state index >= 15 is 0 Å². The highest BCUT2D eigenvalue weighted by molar-refractivity contribution is 5.29. The Bertz CT molecular complexity index is 480. The van der Waals surface area contributed by atoms with Crippen LogP contribution >= 0.6 is 0 Å². The van der Waals surface area contributed by atoms with E-state index in [-0.39, 0.29) is 11.0 Å². The van der Waals surface area contributed by atoms with E-state index in [4.69, 9.17) is 10.5 Å². The van der Waals surface area contributed by atoms with Gasteiger partial charge in [0.2, 0.25) is 0 Å². The molecule has 0 aliphatic rings. The predicted molar refractivity (Wildman–Crippen MR) is 73.2 cm³/mol. The molecule has 0 aromatic heterocycles. The van der Waals surface area contributed by atoms with Crippen molar-refractivity contribution in [2.75, 3.05) is 6.61 Å². The molecule has 0 radical (unpaired) electrons. The van der Waals surface area contributed by atoms with Crippen LogP contribution in [-0.4, -0.2) is 12.7 Å². The predicted octanol–water partition coefficient (Wildman–Crippen LogP) is 4.30. The van der Waals surface area contributed by atoms with Crippen LogP contribution in [0.4, 0.5) is 17.6 Å². The maximum Gasteiger partial charge on any atom is 0.419 e. The lowest BCUT2D eigenvalue weighted by atomic mass is 9.82. The van der Waals surface area contributed by atoms with Gasteiger partial charge in [-0.2, -0.15) is 13.2 Å². The van der Waals surface area contributed by atoms with Gasteiger partial charge in [0.1, 0.15) is 5.82 Å². The summed E-state index contributed by atoms with van der Waals surface area (Å²) in [6, 6.07) is 2.05. The molecule has 0 aliphatic heterocycles. The van der Waals surface area contributed by atoms with Gasteiger partial charge in [-0.05, 0) is 30.0 Å². The number of ether oxygens (including phenoxy) is 1. The molecule has 2 N–H and O–H groups in total. The van der Waals surface area contributed by atoms with E-state index in [2.05, 4.69) is 0 Å². The van der Waals surface area contributed by atoms with Crippen LogP contribution < -0.4 is 5.73 Å². The maximum absolute atomic E-state index is 13.6. The van der Waals surface area contributed by atoms with E-state index in [9.17, 15) is 17.6 Å². The van der Waals surface area contributed by atoms with Crippen molar-refractivity contribution in [1.82, 2.24) is 0 Å². The number of halogens is 4. The maximum atomic E-state index is 13.6. The van der Waals surface area contributed by atoms with Crippen molar-refractivity contribution >= 4 is 0 Å². The fourth-order valence-electron chi connectivity index (χ4n) is 2.22. The van der Waals surface area contributed by atoms with Crippen LogP contribution in [0.15, 0.2) is 18.2 Å². The highest BCUT2D eigenvalue weighted by atomic mass is 19.4. The van der Waals surface area contributed by atoms with E-state index in [0.29, 0.717) is 6.61 Å². The number of hydrogen-bond acceptors (Lipinski definition) is 2. The smallest absolute Gasteiger partial charge is 0.376 e. The Kier molecular flexibility index (Phi) is 5.39. The summed E-state index contributed by atoms with van der Waals surface area (Å²) in [4.78, 5) is 0. The molecule has 1 aromatic carbocycles. The molecule has 2 nitrogen and oxygen atoms in total. The van der Waals surface area contributed by atoms with Gasteiger partial charge >= 0.3 is 6.18 Å². The minimum Gasteiger partial charge on any atom is -0.376 e. The van der Waals surface area contributed by atoms with Gasteiger partial charge in [0.25, 0.3) is 0 Å². The zero-order valence-corrected chi connectivity index (χ0v) is 12.6. The van der Waals surface area contributed by atoms with E-state index in [1.807, 2.05) is 20.8 Å². The van der Waals surface area contributed by atoms with Gasteiger partial charge in [0, 0.05) is 6.61 Å². The molecular formula is C15H21F4NO. The first-order valence-corrected chi connectivity index (χ1v) is 6.72. The number of alkyl halides is 3. The lowest BCUT2D eigenvalue weighted by Gasteiger charge is -2.35. The molecule has 2 atom stereocenters. The molecule has 6 heteroatoms. The highest BCUT2D eigenvalue weighted by Crippen LogP contribution is 2.35. The molecule has 0 aliphatic carbocycles. The van der Waals surface area contributed by atoms with Gasteiger partial charge < -0.3 is 10.5 Å². The van der Waals surface area contributed by atoms with Gasteiger partial charge in [-0.25, -0.2) is 4.39 Å². The summed E-state index contributed by atoms with van der Waals surface area (Å²) < 4.78 is 56.9. The molecule has 2 unspecified atom stereocenters. The van der Waals surface area contributed by atoms with Crippen molar-refractivity contribution in [3.63, 3.8) is 0 Å². The Morgan fingerprint density at radius 3 is 2.14 bits per heavy atom. The Balaban J connectivity index is 3.13. The van der Waals surface area contributed by atoms with Gasteiger partial charge in [-0.15, -0.1) is 0 Å². The van der Waals surface area contributed by atoms with Gasteiger partial charge in [0.15, 0.2) is 0 Å². The number of benzene rings is 1. The van der Waals surface area contributed by atoms with Crippen molar-refractivity contribution in [2.24, 2.45) is 11.1 Å².